The molecule has 0 saturated heterocycles. The molecule has 2 aromatic rings. The van der Waals surface area contributed by atoms with Crippen LogP contribution < -0.4 is 20.1 Å². The Labute approximate surface area is 188 Å². The Bertz CT molecular complexity index is 818. The molecule has 2 rings (SSSR count). The maximum Gasteiger partial charge on any atom is 0.191 e. The zero-order valence-electron chi connectivity index (χ0n) is 17.2. The highest BCUT2D eigenvalue weighted by molar-refractivity contribution is 14.0. The SMILES string of the molecule is CCNC(=NCCc1ccc(OC)cc1O)NC(C)c1ccc(OC)c(F)c1.I. The highest BCUT2D eigenvalue weighted by atomic mass is 127. The number of ether oxygens (including phenoxy) is 2. The van der Waals surface area contributed by atoms with E-state index in [9.17, 15) is 9.50 Å². The summed E-state index contributed by atoms with van der Waals surface area (Å²) in [6.07, 6.45) is 0.581. The molecule has 0 fully saturated rings. The van der Waals surface area contributed by atoms with E-state index in [-0.39, 0.29) is 41.5 Å². The second-order valence-corrected chi connectivity index (χ2v) is 6.27. The Balaban J connectivity index is 0.00000420. The third-order valence-electron chi connectivity index (χ3n) is 4.32. The first-order valence-electron chi connectivity index (χ1n) is 9.22. The van der Waals surface area contributed by atoms with E-state index in [2.05, 4.69) is 15.6 Å². The maximum atomic E-state index is 13.9. The molecule has 0 aliphatic heterocycles. The van der Waals surface area contributed by atoms with E-state index in [1.165, 1.54) is 13.2 Å². The minimum absolute atomic E-state index is 0. The number of aliphatic imine (C=N–C) groups is 1. The molecule has 0 saturated carbocycles. The molecule has 0 aliphatic rings. The van der Waals surface area contributed by atoms with Crippen molar-refractivity contribution in [1.82, 2.24) is 10.6 Å². The number of phenols is 1. The standard InChI is InChI=1S/C21H28FN3O3.HI/c1-5-23-21(24-11-10-15-6-8-17(27-3)13-19(15)26)25-14(2)16-7-9-20(28-4)18(22)12-16;/h6-9,12-14,26H,5,10-11H2,1-4H3,(H2,23,24,25);1H. The van der Waals surface area contributed by atoms with E-state index in [0.717, 1.165) is 11.1 Å². The van der Waals surface area contributed by atoms with Gasteiger partial charge in [0, 0.05) is 19.2 Å². The Kier molecular flexibility index (Phi) is 10.6. The van der Waals surface area contributed by atoms with Gasteiger partial charge in [-0.2, -0.15) is 0 Å². The second kappa shape index (κ2) is 12.4. The molecule has 3 N–H and O–H groups in total. The Hall–Kier alpha value is -2.23. The fraction of sp³-hybridized carbons (Fsp3) is 0.381. The molecule has 160 valence electrons. The van der Waals surface area contributed by atoms with E-state index in [4.69, 9.17) is 9.47 Å². The molecule has 0 heterocycles. The number of rotatable bonds is 8. The van der Waals surface area contributed by atoms with Gasteiger partial charge in [0.15, 0.2) is 17.5 Å². The first-order valence-corrected chi connectivity index (χ1v) is 9.22. The molecule has 0 amide bonds. The molecule has 1 unspecified atom stereocenters. The van der Waals surface area contributed by atoms with Gasteiger partial charge in [0.25, 0.3) is 0 Å². The molecule has 0 bridgehead atoms. The molecule has 0 radical (unpaired) electrons. The Morgan fingerprint density at radius 2 is 1.93 bits per heavy atom. The predicted molar refractivity (Wildman–Crippen MR) is 124 cm³/mol. The van der Waals surface area contributed by atoms with Crippen molar-refractivity contribution in [2.75, 3.05) is 27.3 Å². The number of phenolic OH excluding ortho intramolecular Hbond substituents is 1. The lowest BCUT2D eigenvalue weighted by Gasteiger charge is -2.19. The summed E-state index contributed by atoms with van der Waals surface area (Å²) < 4.78 is 24.0. The number of methoxy groups -OCH3 is 2. The molecular formula is C21H29FIN3O3. The van der Waals surface area contributed by atoms with Crippen molar-refractivity contribution in [3.05, 3.63) is 53.3 Å². The van der Waals surface area contributed by atoms with Crippen molar-refractivity contribution >= 4 is 29.9 Å². The van der Waals surface area contributed by atoms with Crippen LogP contribution in [0.15, 0.2) is 41.4 Å². The Morgan fingerprint density at radius 1 is 1.17 bits per heavy atom. The first kappa shape index (κ1) is 24.8. The number of nitrogens with zero attached hydrogens (tertiary/aromatic N) is 1. The van der Waals surface area contributed by atoms with Crippen molar-refractivity contribution in [2.45, 2.75) is 26.3 Å². The van der Waals surface area contributed by atoms with Gasteiger partial charge >= 0.3 is 0 Å². The van der Waals surface area contributed by atoms with Crippen molar-refractivity contribution in [3.8, 4) is 17.2 Å². The average molecular weight is 517 g/mol. The summed E-state index contributed by atoms with van der Waals surface area (Å²) in [4.78, 5) is 4.55. The van der Waals surface area contributed by atoms with Crippen LogP contribution in [0.2, 0.25) is 0 Å². The summed E-state index contributed by atoms with van der Waals surface area (Å²) in [6, 6.07) is 9.96. The van der Waals surface area contributed by atoms with Crippen molar-refractivity contribution in [2.24, 2.45) is 4.99 Å². The van der Waals surface area contributed by atoms with E-state index in [1.807, 2.05) is 32.0 Å². The normalized spacial score (nSPS) is 12.0. The lowest BCUT2D eigenvalue weighted by molar-refractivity contribution is 0.386. The van der Waals surface area contributed by atoms with Gasteiger partial charge in [-0.1, -0.05) is 12.1 Å². The summed E-state index contributed by atoms with van der Waals surface area (Å²) in [5.74, 6) is 1.25. The summed E-state index contributed by atoms with van der Waals surface area (Å²) >= 11 is 0. The van der Waals surface area contributed by atoms with E-state index >= 15 is 0 Å². The number of benzene rings is 2. The number of aromatic hydroxyl groups is 1. The van der Waals surface area contributed by atoms with Crippen LogP contribution in [0.5, 0.6) is 17.2 Å². The molecule has 0 spiro atoms. The third-order valence-corrected chi connectivity index (χ3v) is 4.32. The molecule has 2 aromatic carbocycles. The van der Waals surface area contributed by atoms with Gasteiger partial charge in [0.2, 0.25) is 0 Å². The van der Waals surface area contributed by atoms with Crippen LogP contribution in [0.4, 0.5) is 4.39 Å². The fourth-order valence-corrected chi connectivity index (χ4v) is 2.73. The maximum absolute atomic E-state index is 13.9. The highest BCUT2D eigenvalue weighted by Crippen LogP contribution is 2.24. The first-order chi connectivity index (χ1) is 13.5. The van der Waals surface area contributed by atoms with Gasteiger partial charge in [-0.25, -0.2) is 4.39 Å². The molecule has 29 heavy (non-hydrogen) atoms. The van der Waals surface area contributed by atoms with Crippen molar-refractivity contribution in [1.29, 1.82) is 0 Å². The minimum atomic E-state index is -0.398. The van der Waals surface area contributed by atoms with Crippen LogP contribution in [0.25, 0.3) is 0 Å². The quantitative estimate of drug-likeness (QED) is 0.280. The summed E-state index contributed by atoms with van der Waals surface area (Å²) in [6.45, 7) is 5.09. The van der Waals surface area contributed by atoms with Crippen molar-refractivity contribution in [3.63, 3.8) is 0 Å². The smallest absolute Gasteiger partial charge is 0.191 e. The van der Waals surface area contributed by atoms with Crippen LogP contribution in [0, 0.1) is 5.82 Å². The number of guanidine groups is 1. The molecule has 0 aliphatic carbocycles. The molecule has 1 atom stereocenters. The van der Waals surface area contributed by atoms with Gasteiger partial charge in [-0.05, 0) is 49.6 Å². The molecule has 8 heteroatoms. The fourth-order valence-electron chi connectivity index (χ4n) is 2.73. The van der Waals surface area contributed by atoms with E-state index in [0.29, 0.717) is 31.2 Å². The minimum Gasteiger partial charge on any atom is -0.508 e. The van der Waals surface area contributed by atoms with Crippen LogP contribution in [-0.2, 0) is 6.42 Å². The van der Waals surface area contributed by atoms with Crippen LogP contribution >= 0.6 is 24.0 Å². The average Bonchev–Trinajstić information content (AvgIpc) is 2.69. The second-order valence-electron chi connectivity index (χ2n) is 6.27. The number of hydrogen-bond acceptors (Lipinski definition) is 4. The molecular weight excluding hydrogens is 488 g/mol. The number of hydrogen-bond donors (Lipinski definition) is 3. The van der Waals surface area contributed by atoms with E-state index in [1.54, 1.807) is 19.2 Å². The van der Waals surface area contributed by atoms with Gasteiger partial charge in [0.1, 0.15) is 11.5 Å². The predicted octanol–water partition coefficient (Wildman–Crippen LogP) is 4.03. The number of halogens is 2. The zero-order chi connectivity index (χ0) is 20.5. The third kappa shape index (κ3) is 7.26. The molecule has 6 nitrogen and oxygen atoms in total. The van der Waals surface area contributed by atoms with Crippen molar-refractivity contribution < 1.29 is 19.0 Å². The topological polar surface area (TPSA) is 75.1 Å². The van der Waals surface area contributed by atoms with Crippen LogP contribution in [0.1, 0.15) is 31.0 Å². The monoisotopic (exact) mass is 517 g/mol. The lowest BCUT2D eigenvalue weighted by Crippen LogP contribution is -2.38. The highest BCUT2D eigenvalue weighted by Gasteiger charge is 2.11. The van der Waals surface area contributed by atoms with Gasteiger partial charge < -0.3 is 25.2 Å². The van der Waals surface area contributed by atoms with Gasteiger partial charge in [-0.3, -0.25) is 4.99 Å². The largest absolute Gasteiger partial charge is 0.508 e. The molecule has 0 aromatic heterocycles. The number of nitrogens with one attached hydrogen (secondary N) is 2. The lowest BCUT2D eigenvalue weighted by atomic mass is 10.1. The summed E-state index contributed by atoms with van der Waals surface area (Å²) in [7, 11) is 3.00. The van der Waals surface area contributed by atoms with Gasteiger partial charge in [0.05, 0.1) is 20.3 Å². The van der Waals surface area contributed by atoms with E-state index < -0.39 is 5.82 Å². The van der Waals surface area contributed by atoms with Crippen LogP contribution in [0.3, 0.4) is 0 Å². The summed E-state index contributed by atoms with van der Waals surface area (Å²) in [5, 5.41) is 16.5. The Morgan fingerprint density at radius 3 is 2.52 bits per heavy atom. The van der Waals surface area contributed by atoms with Crippen LogP contribution in [-0.4, -0.2) is 38.4 Å². The van der Waals surface area contributed by atoms with Gasteiger partial charge in [-0.15, -0.1) is 24.0 Å². The summed E-state index contributed by atoms with van der Waals surface area (Å²) in [5.41, 5.74) is 1.59. The zero-order valence-corrected chi connectivity index (χ0v) is 19.5.